The van der Waals surface area contributed by atoms with Gasteiger partial charge in [-0.15, -0.1) is 0 Å². The van der Waals surface area contributed by atoms with Gasteiger partial charge >= 0.3 is 0 Å². The lowest BCUT2D eigenvalue weighted by Crippen LogP contribution is -2.11. The summed E-state index contributed by atoms with van der Waals surface area (Å²) in [5.74, 6) is -0.0597. The van der Waals surface area contributed by atoms with Gasteiger partial charge in [0.1, 0.15) is 6.17 Å². The van der Waals surface area contributed by atoms with Crippen molar-refractivity contribution in [1.29, 1.82) is 0 Å². The standard InChI is InChI=1S/C5H10FN3/c1-4(2)5(6)3-8-9-7/h4-5H,3H2,1-2H3. The van der Waals surface area contributed by atoms with Gasteiger partial charge in [0, 0.05) is 4.91 Å². The zero-order valence-corrected chi connectivity index (χ0v) is 5.58. The minimum atomic E-state index is -0.999. The Balaban J connectivity index is 3.49. The third kappa shape index (κ3) is 3.79. The molecular formula is C5H10FN3. The molecule has 0 aromatic carbocycles. The van der Waals surface area contributed by atoms with Gasteiger partial charge in [0.05, 0.1) is 6.54 Å². The molecule has 0 rings (SSSR count). The van der Waals surface area contributed by atoms with Crippen molar-refractivity contribution >= 4 is 0 Å². The Labute approximate surface area is 53.5 Å². The molecule has 0 aliphatic rings. The van der Waals surface area contributed by atoms with E-state index < -0.39 is 6.17 Å². The quantitative estimate of drug-likeness (QED) is 0.320. The van der Waals surface area contributed by atoms with Gasteiger partial charge in [0.15, 0.2) is 0 Å². The van der Waals surface area contributed by atoms with E-state index in [1.807, 2.05) is 0 Å². The van der Waals surface area contributed by atoms with Gasteiger partial charge in [-0.1, -0.05) is 19.0 Å². The van der Waals surface area contributed by atoms with Crippen LogP contribution in [0.5, 0.6) is 0 Å². The molecule has 0 amide bonds. The zero-order chi connectivity index (χ0) is 7.28. The van der Waals surface area contributed by atoms with Crippen LogP contribution in [-0.2, 0) is 0 Å². The number of nitrogens with zero attached hydrogens (tertiary/aromatic N) is 3. The van der Waals surface area contributed by atoms with E-state index in [2.05, 4.69) is 10.0 Å². The fraction of sp³-hybridized carbons (Fsp3) is 1.00. The first-order valence-electron chi connectivity index (χ1n) is 2.83. The molecule has 3 nitrogen and oxygen atoms in total. The molecule has 9 heavy (non-hydrogen) atoms. The van der Waals surface area contributed by atoms with Crippen LogP contribution in [0.15, 0.2) is 5.11 Å². The van der Waals surface area contributed by atoms with E-state index >= 15 is 0 Å². The molecule has 0 heterocycles. The molecule has 0 spiro atoms. The Morgan fingerprint density at radius 2 is 2.22 bits per heavy atom. The van der Waals surface area contributed by atoms with Crippen LogP contribution >= 0.6 is 0 Å². The van der Waals surface area contributed by atoms with Gasteiger partial charge < -0.3 is 0 Å². The number of hydrogen-bond donors (Lipinski definition) is 0. The second-order valence-electron chi connectivity index (χ2n) is 2.17. The summed E-state index contributed by atoms with van der Waals surface area (Å²) in [6, 6.07) is 0. The molecule has 0 saturated heterocycles. The topological polar surface area (TPSA) is 48.8 Å². The normalized spacial score (nSPS) is 12.9. The summed E-state index contributed by atoms with van der Waals surface area (Å²) in [5, 5.41) is 3.10. The van der Waals surface area contributed by atoms with Crippen LogP contribution in [0, 0.1) is 5.92 Å². The van der Waals surface area contributed by atoms with E-state index in [0.717, 1.165) is 0 Å². The molecule has 1 atom stereocenters. The summed E-state index contributed by atoms with van der Waals surface area (Å²) in [6.45, 7) is 3.45. The van der Waals surface area contributed by atoms with E-state index in [0.29, 0.717) is 0 Å². The Bertz CT molecular complexity index is 117. The van der Waals surface area contributed by atoms with Crippen LogP contribution < -0.4 is 0 Å². The van der Waals surface area contributed by atoms with Gasteiger partial charge in [0.25, 0.3) is 0 Å². The highest BCUT2D eigenvalue weighted by Crippen LogP contribution is 2.05. The van der Waals surface area contributed by atoms with Crippen molar-refractivity contribution in [2.45, 2.75) is 20.0 Å². The summed E-state index contributed by atoms with van der Waals surface area (Å²) >= 11 is 0. The summed E-state index contributed by atoms with van der Waals surface area (Å²) in [6.07, 6.45) is -0.999. The molecule has 0 aliphatic heterocycles. The van der Waals surface area contributed by atoms with Crippen LogP contribution in [0.2, 0.25) is 0 Å². The maximum atomic E-state index is 12.4. The smallest absolute Gasteiger partial charge is 0.108 e. The zero-order valence-electron chi connectivity index (χ0n) is 5.58. The van der Waals surface area contributed by atoms with E-state index in [-0.39, 0.29) is 12.5 Å². The lowest BCUT2D eigenvalue weighted by atomic mass is 10.1. The Morgan fingerprint density at radius 1 is 1.67 bits per heavy atom. The van der Waals surface area contributed by atoms with Gasteiger partial charge in [-0.3, -0.25) is 0 Å². The van der Waals surface area contributed by atoms with Gasteiger partial charge in [0.2, 0.25) is 0 Å². The predicted octanol–water partition coefficient (Wildman–Crippen LogP) is 2.29. The van der Waals surface area contributed by atoms with E-state index in [4.69, 9.17) is 5.53 Å². The fourth-order valence-corrected chi connectivity index (χ4v) is 0.325. The maximum Gasteiger partial charge on any atom is 0.108 e. The SMILES string of the molecule is CC(C)C(F)CN=[N+]=[N-]. The molecule has 0 aliphatic carbocycles. The molecule has 0 N–H and O–H groups in total. The van der Waals surface area contributed by atoms with Crippen LogP contribution in [-0.4, -0.2) is 12.7 Å². The predicted molar refractivity (Wildman–Crippen MR) is 33.7 cm³/mol. The maximum absolute atomic E-state index is 12.4. The number of rotatable bonds is 3. The first-order valence-corrected chi connectivity index (χ1v) is 2.83. The van der Waals surface area contributed by atoms with Crippen molar-refractivity contribution in [2.24, 2.45) is 11.0 Å². The highest BCUT2D eigenvalue weighted by Gasteiger charge is 2.08. The highest BCUT2D eigenvalue weighted by atomic mass is 19.1. The Morgan fingerprint density at radius 3 is 2.56 bits per heavy atom. The lowest BCUT2D eigenvalue weighted by molar-refractivity contribution is 0.263. The average Bonchev–Trinajstić information content (AvgIpc) is 1.82. The molecule has 0 fully saturated rings. The average molecular weight is 131 g/mol. The van der Waals surface area contributed by atoms with Crippen molar-refractivity contribution in [3.8, 4) is 0 Å². The Kier molecular flexibility index (Phi) is 3.80. The van der Waals surface area contributed by atoms with Crippen molar-refractivity contribution in [2.75, 3.05) is 6.54 Å². The minimum Gasteiger partial charge on any atom is -0.247 e. The summed E-state index contributed by atoms with van der Waals surface area (Å²) in [5.41, 5.74) is 7.79. The van der Waals surface area contributed by atoms with E-state index in [1.165, 1.54) is 0 Å². The van der Waals surface area contributed by atoms with Crippen molar-refractivity contribution in [3.05, 3.63) is 10.4 Å². The molecule has 0 bridgehead atoms. The molecule has 0 aromatic heterocycles. The number of azide groups is 1. The van der Waals surface area contributed by atoms with Crippen LogP contribution in [0.3, 0.4) is 0 Å². The lowest BCUT2D eigenvalue weighted by Gasteiger charge is -2.06. The summed E-state index contributed by atoms with van der Waals surface area (Å²) in [4.78, 5) is 2.44. The van der Waals surface area contributed by atoms with E-state index in [9.17, 15) is 4.39 Å². The highest BCUT2D eigenvalue weighted by molar-refractivity contribution is 4.63. The third-order valence-corrected chi connectivity index (χ3v) is 1.04. The molecular weight excluding hydrogens is 121 g/mol. The summed E-state index contributed by atoms with van der Waals surface area (Å²) in [7, 11) is 0. The second kappa shape index (κ2) is 4.15. The number of halogens is 1. The molecule has 4 heteroatoms. The monoisotopic (exact) mass is 131 g/mol. The molecule has 0 saturated carbocycles. The first-order chi connectivity index (χ1) is 4.18. The molecule has 0 radical (unpaired) electrons. The second-order valence-corrected chi connectivity index (χ2v) is 2.17. The van der Waals surface area contributed by atoms with Gasteiger partial charge in [-0.2, -0.15) is 0 Å². The third-order valence-electron chi connectivity index (χ3n) is 1.04. The van der Waals surface area contributed by atoms with Crippen LogP contribution in [0.4, 0.5) is 4.39 Å². The van der Waals surface area contributed by atoms with Crippen molar-refractivity contribution in [3.63, 3.8) is 0 Å². The molecule has 1 unspecified atom stereocenters. The first kappa shape index (κ1) is 8.24. The van der Waals surface area contributed by atoms with Gasteiger partial charge in [-0.25, -0.2) is 4.39 Å². The minimum absolute atomic E-state index is 0.0475. The molecule has 0 aromatic rings. The Hall–Kier alpha value is -0.760. The van der Waals surface area contributed by atoms with E-state index in [1.54, 1.807) is 13.8 Å². The largest absolute Gasteiger partial charge is 0.247 e. The fourth-order valence-electron chi connectivity index (χ4n) is 0.325. The number of hydrogen-bond acceptors (Lipinski definition) is 1. The van der Waals surface area contributed by atoms with Gasteiger partial charge in [-0.05, 0) is 11.4 Å². The van der Waals surface area contributed by atoms with Crippen molar-refractivity contribution < 1.29 is 4.39 Å². The van der Waals surface area contributed by atoms with Crippen LogP contribution in [0.25, 0.3) is 10.4 Å². The van der Waals surface area contributed by atoms with Crippen LogP contribution in [0.1, 0.15) is 13.8 Å². The number of alkyl halides is 1. The summed E-state index contributed by atoms with van der Waals surface area (Å²) < 4.78 is 12.4. The molecule has 52 valence electrons. The van der Waals surface area contributed by atoms with Crippen molar-refractivity contribution in [1.82, 2.24) is 0 Å².